The van der Waals surface area contributed by atoms with Gasteiger partial charge in [0.15, 0.2) is 0 Å². The first-order chi connectivity index (χ1) is 2.77. The molecule has 1 N–H and O–H groups in total. The van der Waals surface area contributed by atoms with Crippen LogP contribution in [-0.2, 0) is 0 Å². The Morgan fingerprint density at radius 1 is 1.83 bits per heavy atom. The highest BCUT2D eigenvalue weighted by Gasteiger charge is 1.90. The van der Waals surface area contributed by atoms with Gasteiger partial charge in [-0.05, 0) is 6.42 Å². The first-order valence-corrected chi connectivity index (χ1v) is 4.09. The van der Waals surface area contributed by atoms with Crippen molar-refractivity contribution in [3.05, 3.63) is 0 Å². The quantitative estimate of drug-likeness (QED) is 0.593. The molecule has 0 saturated heterocycles. The zero-order chi connectivity index (χ0) is 4.99. The van der Waals surface area contributed by atoms with Crippen LogP contribution in [0.1, 0.15) is 6.42 Å². The molecule has 0 heterocycles. The SMILES string of the molecule is OC(Br)CCI. The summed E-state index contributed by atoms with van der Waals surface area (Å²) in [6, 6.07) is 0. The molecule has 0 amide bonds. The number of alkyl halides is 2. The molecular weight excluding hydrogens is 259 g/mol. The van der Waals surface area contributed by atoms with Gasteiger partial charge in [-0.3, -0.25) is 0 Å². The molecule has 0 rings (SSSR count). The average Bonchev–Trinajstić information content (AvgIpc) is 1.35. The van der Waals surface area contributed by atoms with Gasteiger partial charge in [0.1, 0.15) is 5.01 Å². The van der Waals surface area contributed by atoms with E-state index >= 15 is 0 Å². The molecule has 1 unspecified atom stereocenters. The van der Waals surface area contributed by atoms with E-state index in [4.69, 9.17) is 5.11 Å². The van der Waals surface area contributed by atoms with Crippen molar-refractivity contribution in [1.82, 2.24) is 0 Å². The van der Waals surface area contributed by atoms with Crippen LogP contribution in [0.2, 0.25) is 0 Å². The monoisotopic (exact) mass is 264 g/mol. The Balaban J connectivity index is 2.63. The van der Waals surface area contributed by atoms with E-state index in [-0.39, 0.29) is 5.01 Å². The maximum absolute atomic E-state index is 8.46. The van der Waals surface area contributed by atoms with E-state index in [1.54, 1.807) is 0 Å². The molecule has 0 aromatic rings. The van der Waals surface area contributed by atoms with Crippen molar-refractivity contribution in [3.8, 4) is 0 Å². The molecule has 0 aromatic heterocycles. The van der Waals surface area contributed by atoms with Crippen molar-refractivity contribution in [3.63, 3.8) is 0 Å². The van der Waals surface area contributed by atoms with E-state index in [9.17, 15) is 0 Å². The summed E-state index contributed by atoms with van der Waals surface area (Å²) in [6.07, 6.45) is 0.834. The fraction of sp³-hybridized carbons (Fsp3) is 1.00. The summed E-state index contributed by atoms with van der Waals surface area (Å²) in [5.41, 5.74) is 0. The third-order valence-corrected chi connectivity index (χ3v) is 1.43. The van der Waals surface area contributed by atoms with Crippen LogP contribution in [0.5, 0.6) is 0 Å². The standard InChI is InChI=1S/C3H6BrIO/c4-3(6)1-2-5/h3,6H,1-2H2. The van der Waals surface area contributed by atoms with Crippen LogP contribution < -0.4 is 0 Å². The molecule has 0 aliphatic carbocycles. The maximum Gasteiger partial charge on any atom is 0.109 e. The van der Waals surface area contributed by atoms with Gasteiger partial charge >= 0.3 is 0 Å². The summed E-state index contributed by atoms with van der Waals surface area (Å²) in [7, 11) is 0. The molecule has 38 valence electrons. The van der Waals surface area contributed by atoms with Gasteiger partial charge in [0.2, 0.25) is 0 Å². The predicted octanol–water partition coefficient (Wildman–Crippen LogP) is 1.52. The molecule has 0 spiro atoms. The summed E-state index contributed by atoms with van der Waals surface area (Å²) < 4.78 is 1.00. The first kappa shape index (κ1) is 7.17. The minimum absolute atomic E-state index is 0.297. The van der Waals surface area contributed by atoms with Crippen LogP contribution in [-0.4, -0.2) is 14.5 Å². The topological polar surface area (TPSA) is 20.2 Å². The number of aliphatic hydroxyl groups excluding tert-OH is 1. The zero-order valence-electron chi connectivity index (χ0n) is 3.19. The fourth-order valence-corrected chi connectivity index (χ4v) is 1.76. The minimum atomic E-state index is -0.297. The highest BCUT2D eigenvalue weighted by Crippen LogP contribution is 2.01. The van der Waals surface area contributed by atoms with Gasteiger partial charge < -0.3 is 5.11 Å². The number of rotatable bonds is 2. The molecular formula is C3H6BrIO. The van der Waals surface area contributed by atoms with Crippen LogP contribution >= 0.6 is 38.5 Å². The van der Waals surface area contributed by atoms with E-state index in [2.05, 4.69) is 38.5 Å². The normalized spacial score (nSPS) is 14.5. The fourth-order valence-electron chi connectivity index (χ4n) is 0.0900. The molecule has 0 aliphatic rings. The van der Waals surface area contributed by atoms with Crippen molar-refractivity contribution < 1.29 is 5.11 Å². The van der Waals surface area contributed by atoms with E-state index in [1.165, 1.54) is 0 Å². The number of halogens is 2. The van der Waals surface area contributed by atoms with Crippen LogP contribution in [0.3, 0.4) is 0 Å². The molecule has 3 heteroatoms. The molecule has 0 radical (unpaired) electrons. The number of aliphatic hydroxyl groups is 1. The lowest BCUT2D eigenvalue weighted by Gasteiger charge is -1.92. The second-order valence-corrected chi connectivity index (χ2v) is 3.05. The molecule has 6 heavy (non-hydrogen) atoms. The van der Waals surface area contributed by atoms with Crippen LogP contribution in [0, 0.1) is 0 Å². The van der Waals surface area contributed by atoms with Gasteiger partial charge in [-0.15, -0.1) is 0 Å². The Morgan fingerprint density at radius 2 is 2.33 bits per heavy atom. The van der Waals surface area contributed by atoms with Gasteiger partial charge in [0.05, 0.1) is 0 Å². The molecule has 1 nitrogen and oxygen atoms in total. The largest absolute Gasteiger partial charge is 0.382 e. The number of hydrogen-bond donors (Lipinski definition) is 1. The smallest absolute Gasteiger partial charge is 0.109 e. The highest BCUT2D eigenvalue weighted by molar-refractivity contribution is 14.1. The second-order valence-electron chi connectivity index (χ2n) is 0.912. The summed E-state index contributed by atoms with van der Waals surface area (Å²) >= 11 is 5.20. The Labute approximate surface area is 59.4 Å². The van der Waals surface area contributed by atoms with Crippen molar-refractivity contribution >= 4 is 38.5 Å². The Morgan fingerprint density at radius 3 is 2.33 bits per heavy atom. The van der Waals surface area contributed by atoms with E-state index in [0.29, 0.717) is 0 Å². The van der Waals surface area contributed by atoms with Crippen LogP contribution in [0.4, 0.5) is 0 Å². The van der Waals surface area contributed by atoms with E-state index < -0.39 is 0 Å². The van der Waals surface area contributed by atoms with Crippen LogP contribution in [0.25, 0.3) is 0 Å². The maximum atomic E-state index is 8.46. The summed E-state index contributed by atoms with van der Waals surface area (Å²) in [4.78, 5) is 0. The third-order valence-electron chi connectivity index (χ3n) is 0.347. The summed E-state index contributed by atoms with van der Waals surface area (Å²) in [6.45, 7) is 0. The number of hydrogen-bond acceptors (Lipinski definition) is 1. The summed E-state index contributed by atoms with van der Waals surface area (Å²) in [5, 5.41) is 8.17. The van der Waals surface area contributed by atoms with E-state index in [0.717, 1.165) is 10.8 Å². The molecule has 1 atom stereocenters. The van der Waals surface area contributed by atoms with Gasteiger partial charge in [-0.1, -0.05) is 38.5 Å². The first-order valence-electron chi connectivity index (χ1n) is 1.65. The van der Waals surface area contributed by atoms with Crippen molar-refractivity contribution in [2.75, 3.05) is 4.43 Å². The van der Waals surface area contributed by atoms with Crippen molar-refractivity contribution in [2.24, 2.45) is 0 Å². The lowest BCUT2D eigenvalue weighted by atomic mass is 10.5. The summed E-state index contributed by atoms with van der Waals surface area (Å²) in [5.74, 6) is 0. The Bertz CT molecular complexity index is 32.0. The van der Waals surface area contributed by atoms with E-state index in [1.807, 2.05) is 0 Å². The van der Waals surface area contributed by atoms with Crippen molar-refractivity contribution in [2.45, 2.75) is 11.4 Å². The highest BCUT2D eigenvalue weighted by atomic mass is 127. The Hall–Kier alpha value is 1.17. The van der Waals surface area contributed by atoms with Gasteiger partial charge in [0.25, 0.3) is 0 Å². The minimum Gasteiger partial charge on any atom is -0.382 e. The van der Waals surface area contributed by atoms with Crippen LogP contribution in [0.15, 0.2) is 0 Å². The second kappa shape index (κ2) is 4.33. The molecule has 0 saturated carbocycles. The van der Waals surface area contributed by atoms with Gasteiger partial charge in [-0.25, -0.2) is 0 Å². The lowest BCUT2D eigenvalue weighted by molar-refractivity contribution is 0.268. The molecule has 0 aromatic carbocycles. The lowest BCUT2D eigenvalue weighted by Crippen LogP contribution is -1.92. The molecule has 0 aliphatic heterocycles. The average molecular weight is 265 g/mol. The van der Waals surface area contributed by atoms with Crippen molar-refractivity contribution in [1.29, 1.82) is 0 Å². The molecule has 0 bridgehead atoms. The Kier molecular flexibility index (Phi) is 5.18. The van der Waals surface area contributed by atoms with Gasteiger partial charge in [-0.2, -0.15) is 0 Å². The molecule has 0 fully saturated rings. The zero-order valence-corrected chi connectivity index (χ0v) is 6.94. The third kappa shape index (κ3) is 5.17. The van der Waals surface area contributed by atoms with Gasteiger partial charge in [0, 0.05) is 4.43 Å². The predicted molar refractivity (Wildman–Crippen MR) is 38.4 cm³/mol.